The van der Waals surface area contributed by atoms with E-state index in [2.05, 4.69) is 10.2 Å². The minimum Gasteiger partial charge on any atom is -0.478 e. The first-order valence-electron chi connectivity index (χ1n) is 4.45. The SMILES string of the molecule is Cc1c(Oc2nncs2)cccc1C(=O)O. The monoisotopic (exact) mass is 236 g/mol. The minimum absolute atomic E-state index is 0.224. The maximum Gasteiger partial charge on any atom is 0.336 e. The highest BCUT2D eigenvalue weighted by molar-refractivity contribution is 7.11. The molecule has 16 heavy (non-hydrogen) atoms. The van der Waals surface area contributed by atoms with Crippen molar-refractivity contribution in [1.29, 1.82) is 0 Å². The van der Waals surface area contributed by atoms with Crippen LogP contribution in [0.4, 0.5) is 0 Å². The van der Waals surface area contributed by atoms with E-state index in [1.807, 2.05) is 0 Å². The summed E-state index contributed by atoms with van der Waals surface area (Å²) in [7, 11) is 0. The molecule has 0 aliphatic rings. The van der Waals surface area contributed by atoms with Crippen molar-refractivity contribution < 1.29 is 14.6 Å². The van der Waals surface area contributed by atoms with Crippen molar-refractivity contribution in [3.63, 3.8) is 0 Å². The number of benzene rings is 1. The lowest BCUT2D eigenvalue weighted by molar-refractivity contribution is 0.0695. The van der Waals surface area contributed by atoms with Crippen molar-refractivity contribution in [3.05, 3.63) is 34.8 Å². The Morgan fingerprint density at radius 1 is 1.50 bits per heavy atom. The molecule has 5 nitrogen and oxygen atoms in total. The van der Waals surface area contributed by atoms with Crippen LogP contribution in [0.3, 0.4) is 0 Å². The molecule has 0 atom stereocenters. The van der Waals surface area contributed by atoms with E-state index in [0.717, 1.165) is 0 Å². The summed E-state index contributed by atoms with van der Waals surface area (Å²) in [4.78, 5) is 10.9. The molecule has 0 spiro atoms. The molecule has 2 aromatic rings. The molecule has 82 valence electrons. The van der Waals surface area contributed by atoms with E-state index >= 15 is 0 Å². The van der Waals surface area contributed by atoms with Gasteiger partial charge in [0, 0.05) is 5.56 Å². The summed E-state index contributed by atoms with van der Waals surface area (Å²) in [5.74, 6) is -0.489. The highest BCUT2D eigenvalue weighted by atomic mass is 32.1. The fraction of sp³-hybridized carbons (Fsp3) is 0.100. The van der Waals surface area contributed by atoms with Gasteiger partial charge in [-0.15, -0.1) is 5.10 Å². The van der Waals surface area contributed by atoms with Crippen LogP contribution in [0.1, 0.15) is 15.9 Å². The Hall–Kier alpha value is -1.95. The van der Waals surface area contributed by atoms with Crippen molar-refractivity contribution in [3.8, 4) is 10.9 Å². The molecule has 0 aliphatic carbocycles. The molecule has 6 heteroatoms. The summed E-state index contributed by atoms with van der Waals surface area (Å²) >= 11 is 1.25. The molecule has 2 rings (SSSR count). The first kappa shape index (κ1) is 10.6. The van der Waals surface area contributed by atoms with Crippen LogP contribution in [0.5, 0.6) is 10.9 Å². The highest BCUT2D eigenvalue weighted by Crippen LogP contribution is 2.27. The van der Waals surface area contributed by atoms with Crippen LogP contribution in [0.15, 0.2) is 23.7 Å². The topological polar surface area (TPSA) is 72.3 Å². The molecular formula is C10H8N2O3S. The number of aromatic carboxylic acids is 1. The number of ether oxygens (including phenoxy) is 1. The van der Waals surface area contributed by atoms with Gasteiger partial charge in [-0.2, -0.15) is 0 Å². The fourth-order valence-electron chi connectivity index (χ4n) is 1.26. The Morgan fingerprint density at radius 3 is 2.94 bits per heavy atom. The Balaban J connectivity index is 2.35. The third kappa shape index (κ3) is 2.01. The van der Waals surface area contributed by atoms with Gasteiger partial charge in [-0.05, 0) is 19.1 Å². The van der Waals surface area contributed by atoms with Crippen LogP contribution in [-0.2, 0) is 0 Å². The van der Waals surface area contributed by atoms with Crippen LogP contribution in [-0.4, -0.2) is 21.3 Å². The predicted octanol–water partition coefficient (Wildman–Crippen LogP) is 2.34. The van der Waals surface area contributed by atoms with Gasteiger partial charge in [-0.25, -0.2) is 4.79 Å². The second-order valence-electron chi connectivity index (χ2n) is 3.04. The van der Waals surface area contributed by atoms with Crippen molar-refractivity contribution in [2.75, 3.05) is 0 Å². The van der Waals surface area contributed by atoms with Gasteiger partial charge in [0.2, 0.25) is 0 Å². The van der Waals surface area contributed by atoms with Gasteiger partial charge in [0.15, 0.2) is 0 Å². The summed E-state index contributed by atoms with van der Waals surface area (Å²) in [6.07, 6.45) is 0. The molecule has 0 saturated carbocycles. The highest BCUT2D eigenvalue weighted by Gasteiger charge is 2.12. The van der Waals surface area contributed by atoms with Gasteiger partial charge in [0.25, 0.3) is 5.19 Å². The maximum absolute atomic E-state index is 10.9. The molecule has 0 bridgehead atoms. The van der Waals surface area contributed by atoms with Crippen molar-refractivity contribution in [2.24, 2.45) is 0 Å². The number of carbonyl (C=O) groups is 1. The third-order valence-electron chi connectivity index (χ3n) is 2.05. The quantitative estimate of drug-likeness (QED) is 0.885. The van der Waals surface area contributed by atoms with E-state index < -0.39 is 5.97 Å². The van der Waals surface area contributed by atoms with Crippen LogP contribution < -0.4 is 4.74 Å². The average molecular weight is 236 g/mol. The first-order valence-corrected chi connectivity index (χ1v) is 5.33. The first-order chi connectivity index (χ1) is 7.68. The zero-order valence-electron chi connectivity index (χ0n) is 8.38. The molecular weight excluding hydrogens is 228 g/mol. The van der Waals surface area contributed by atoms with Gasteiger partial charge in [0.1, 0.15) is 11.3 Å². The van der Waals surface area contributed by atoms with Crippen LogP contribution in [0, 0.1) is 6.92 Å². The lowest BCUT2D eigenvalue weighted by atomic mass is 10.1. The fourth-order valence-corrected chi connectivity index (χ4v) is 1.67. The average Bonchev–Trinajstić information content (AvgIpc) is 2.73. The van der Waals surface area contributed by atoms with Crippen LogP contribution in [0.2, 0.25) is 0 Å². The molecule has 0 aliphatic heterocycles. The zero-order chi connectivity index (χ0) is 11.5. The van der Waals surface area contributed by atoms with E-state index in [1.165, 1.54) is 17.4 Å². The predicted molar refractivity (Wildman–Crippen MR) is 58.1 cm³/mol. The second kappa shape index (κ2) is 4.28. The Bertz CT molecular complexity index is 511. The van der Waals surface area contributed by atoms with Crippen molar-refractivity contribution in [1.82, 2.24) is 10.2 Å². The lowest BCUT2D eigenvalue weighted by Gasteiger charge is -2.07. The van der Waals surface area contributed by atoms with Gasteiger partial charge >= 0.3 is 5.97 Å². The Morgan fingerprint density at radius 2 is 2.31 bits per heavy atom. The van der Waals surface area contributed by atoms with Crippen LogP contribution in [0.25, 0.3) is 0 Å². The van der Waals surface area contributed by atoms with Crippen molar-refractivity contribution in [2.45, 2.75) is 6.92 Å². The van der Waals surface area contributed by atoms with E-state index in [-0.39, 0.29) is 5.56 Å². The van der Waals surface area contributed by atoms with Crippen LogP contribution >= 0.6 is 11.3 Å². The number of carboxylic acids is 1. The molecule has 1 aromatic carbocycles. The van der Waals surface area contributed by atoms with Gasteiger partial charge < -0.3 is 9.84 Å². The summed E-state index contributed by atoms with van der Waals surface area (Å²) < 4.78 is 5.42. The summed E-state index contributed by atoms with van der Waals surface area (Å²) in [5, 5.41) is 16.7. The summed E-state index contributed by atoms with van der Waals surface area (Å²) in [6.45, 7) is 1.69. The number of hydrogen-bond donors (Lipinski definition) is 1. The van der Waals surface area contributed by atoms with E-state index in [0.29, 0.717) is 16.5 Å². The maximum atomic E-state index is 10.9. The molecule has 0 fully saturated rings. The van der Waals surface area contributed by atoms with Gasteiger partial charge in [-0.1, -0.05) is 22.5 Å². The second-order valence-corrected chi connectivity index (χ2v) is 3.84. The minimum atomic E-state index is -0.972. The van der Waals surface area contributed by atoms with Gasteiger partial charge in [-0.3, -0.25) is 0 Å². The smallest absolute Gasteiger partial charge is 0.336 e. The molecule has 0 amide bonds. The largest absolute Gasteiger partial charge is 0.478 e. The van der Waals surface area contributed by atoms with Gasteiger partial charge in [0.05, 0.1) is 5.56 Å². The number of hydrogen-bond acceptors (Lipinski definition) is 5. The molecule has 1 aromatic heterocycles. The Labute approximate surface area is 95.3 Å². The number of carboxylic acid groups (broad SMARTS) is 1. The number of nitrogens with zero attached hydrogens (tertiary/aromatic N) is 2. The lowest BCUT2D eigenvalue weighted by Crippen LogP contribution is -2.00. The van der Waals surface area contributed by atoms with E-state index in [9.17, 15) is 4.79 Å². The van der Waals surface area contributed by atoms with E-state index in [4.69, 9.17) is 9.84 Å². The molecule has 1 N–H and O–H groups in total. The number of aromatic nitrogens is 2. The summed E-state index contributed by atoms with van der Waals surface area (Å²) in [5.41, 5.74) is 2.35. The normalized spacial score (nSPS) is 10.1. The standard InChI is InChI=1S/C10H8N2O3S/c1-6-7(9(13)14)3-2-4-8(6)15-10-12-11-5-16-10/h2-5H,1H3,(H,13,14). The Kier molecular flexibility index (Phi) is 2.82. The molecule has 0 unspecified atom stereocenters. The number of rotatable bonds is 3. The third-order valence-corrected chi connectivity index (χ3v) is 2.62. The molecule has 0 radical (unpaired) electrons. The molecule has 0 saturated heterocycles. The zero-order valence-corrected chi connectivity index (χ0v) is 9.19. The molecule has 1 heterocycles. The van der Waals surface area contributed by atoms with Crippen molar-refractivity contribution >= 4 is 17.3 Å². The summed E-state index contributed by atoms with van der Waals surface area (Å²) in [6, 6.07) is 4.86. The van der Waals surface area contributed by atoms with E-state index in [1.54, 1.807) is 24.6 Å².